The molecule has 2 N–H and O–H groups in total. The molecule has 0 aliphatic carbocycles. The van der Waals surface area contributed by atoms with Gasteiger partial charge in [0.15, 0.2) is 0 Å². The van der Waals surface area contributed by atoms with Crippen LogP contribution in [0.15, 0.2) is 18.2 Å². The predicted molar refractivity (Wildman–Crippen MR) is 65.6 cm³/mol. The van der Waals surface area contributed by atoms with Gasteiger partial charge in [0.2, 0.25) is 5.91 Å². The minimum Gasteiger partial charge on any atom is -0.379 e. The second-order valence-electron chi connectivity index (χ2n) is 4.26. The molecule has 2 rings (SSSR count). The van der Waals surface area contributed by atoms with Gasteiger partial charge in [0.05, 0.1) is 29.8 Å². The lowest BCUT2D eigenvalue weighted by atomic mass is 10.1. The fraction of sp³-hybridized carbons (Fsp3) is 0.417. The summed E-state index contributed by atoms with van der Waals surface area (Å²) in [5.74, 6) is -0.625. The number of rotatable bonds is 5. The molecule has 1 unspecified atom stereocenters. The lowest BCUT2D eigenvalue weighted by Crippen LogP contribution is -2.14. The number of ether oxygens (including phenoxy) is 2. The molecule has 19 heavy (non-hydrogen) atoms. The number of carbonyl (C=O) groups excluding carboxylic acids is 1. The molecule has 7 nitrogen and oxygen atoms in total. The van der Waals surface area contributed by atoms with Gasteiger partial charge >= 0.3 is 0 Å². The number of amides is 1. The molecule has 1 saturated heterocycles. The van der Waals surface area contributed by atoms with E-state index in [0.29, 0.717) is 18.8 Å². The van der Waals surface area contributed by atoms with Gasteiger partial charge < -0.3 is 15.2 Å². The average molecular weight is 266 g/mol. The van der Waals surface area contributed by atoms with E-state index >= 15 is 0 Å². The van der Waals surface area contributed by atoms with Crippen molar-refractivity contribution in [2.24, 2.45) is 5.73 Å². The van der Waals surface area contributed by atoms with Gasteiger partial charge in [-0.3, -0.25) is 14.9 Å². The summed E-state index contributed by atoms with van der Waals surface area (Å²) in [6.07, 6.45) is 0.709. The molecule has 1 aromatic carbocycles. The van der Waals surface area contributed by atoms with Crippen molar-refractivity contribution >= 4 is 11.6 Å². The van der Waals surface area contributed by atoms with E-state index in [0.717, 1.165) is 6.42 Å². The van der Waals surface area contributed by atoms with Crippen molar-refractivity contribution < 1.29 is 19.2 Å². The molecule has 1 aliphatic heterocycles. The molecule has 102 valence electrons. The highest BCUT2D eigenvalue weighted by atomic mass is 16.6. The topological polar surface area (TPSA) is 105 Å². The molecule has 0 saturated carbocycles. The largest absolute Gasteiger partial charge is 0.379 e. The van der Waals surface area contributed by atoms with Crippen LogP contribution < -0.4 is 5.73 Å². The highest BCUT2D eigenvalue weighted by Gasteiger charge is 2.20. The number of nitro groups is 1. The first-order chi connectivity index (χ1) is 9.08. The first kappa shape index (κ1) is 13.4. The Bertz CT molecular complexity index is 497. The van der Waals surface area contributed by atoms with Crippen LogP contribution in [0.4, 0.5) is 5.69 Å². The predicted octanol–water partition coefficient (Wildman–Crippen LogP) is 0.999. The van der Waals surface area contributed by atoms with Crippen molar-refractivity contribution in [1.82, 2.24) is 0 Å². The second-order valence-corrected chi connectivity index (χ2v) is 4.26. The van der Waals surface area contributed by atoms with Crippen LogP contribution in [0.25, 0.3) is 0 Å². The van der Waals surface area contributed by atoms with Crippen LogP contribution in [-0.2, 0) is 16.1 Å². The molecule has 1 atom stereocenters. The Balaban J connectivity index is 2.16. The third kappa shape index (κ3) is 3.27. The number of nitrogens with zero attached hydrogens (tertiary/aromatic N) is 1. The lowest BCUT2D eigenvalue weighted by Gasteiger charge is -2.10. The van der Waals surface area contributed by atoms with Crippen LogP contribution in [0.3, 0.4) is 0 Å². The number of carbonyl (C=O) groups is 1. The van der Waals surface area contributed by atoms with E-state index in [-0.39, 0.29) is 24.0 Å². The van der Waals surface area contributed by atoms with E-state index < -0.39 is 10.8 Å². The number of nitrogens with two attached hydrogens (primary N) is 1. The summed E-state index contributed by atoms with van der Waals surface area (Å²) in [6.45, 7) is 1.18. The number of primary amides is 1. The van der Waals surface area contributed by atoms with Crippen molar-refractivity contribution in [2.75, 3.05) is 13.2 Å². The minimum atomic E-state index is -0.625. The maximum absolute atomic E-state index is 11.1. The van der Waals surface area contributed by atoms with Gasteiger partial charge in [-0.25, -0.2) is 0 Å². The van der Waals surface area contributed by atoms with E-state index in [4.69, 9.17) is 15.2 Å². The molecule has 0 spiro atoms. The molecule has 0 aromatic heterocycles. The van der Waals surface area contributed by atoms with E-state index in [2.05, 4.69) is 0 Å². The fourth-order valence-corrected chi connectivity index (χ4v) is 1.88. The molecule has 1 amide bonds. The van der Waals surface area contributed by atoms with Crippen LogP contribution >= 0.6 is 0 Å². The molecule has 0 bridgehead atoms. The molecule has 1 aliphatic rings. The molecule has 1 fully saturated rings. The van der Waals surface area contributed by atoms with E-state index in [1.165, 1.54) is 18.2 Å². The van der Waals surface area contributed by atoms with Gasteiger partial charge in [-0.2, -0.15) is 0 Å². The number of benzene rings is 1. The van der Waals surface area contributed by atoms with E-state index in [1.807, 2.05) is 0 Å². The summed E-state index contributed by atoms with van der Waals surface area (Å²) in [5.41, 5.74) is 5.65. The minimum absolute atomic E-state index is 0.0585. The Kier molecular flexibility index (Phi) is 4.08. The van der Waals surface area contributed by atoms with E-state index in [1.54, 1.807) is 0 Å². The number of hydrogen-bond acceptors (Lipinski definition) is 5. The Morgan fingerprint density at radius 2 is 2.37 bits per heavy atom. The summed E-state index contributed by atoms with van der Waals surface area (Å²) in [5, 5.41) is 10.9. The van der Waals surface area contributed by atoms with Gasteiger partial charge in [-0.15, -0.1) is 0 Å². The Morgan fingerprint density at radius 3 is 2.95 bits per heavy atom. The summed E-state index contributed by atoms with van der Waals surface area (Å²) in [7, 11) is 0. The zero-order valence-electron chi connectivity index (χ0n) is 10.2. The molecule has 1 aromatic rings. The van der Waals surface area contributed by atoms with Gasteiger partial charge in [0, 0.05) is 18.2 Å². The Morgan fingerprint density at radius 1 is 1.58 bits per heavy atom. The van der Waals surface area contributed by atoms with Crippen molar-refractivity contribution in [3.8, 4) is 0 Å². The molecular weight excluding hydrogens is 252 g/mol. The van der Waals surface area contributed by atoms with Crippen molar-refractivity contribution in [3.05, 3.63) is 39.4 Å². The maximum Gasteiger partial charge on any atom is 0.274 e. The van der Waals surface area contributed by atoms with Crippen molar-refractivity contribution in [1.29, 1.82) is 0 Å². The van der Waals surface area contributed by atoms with Gasteiger partial charge in [-0.1, -0.05) is 0 Å². The first-order valence-corrected chi connectivity index (χ1v) is 5.84. The van der Waals surface area contributed by atoms with Crippen LogP contribution in [0, 0.1) is 10.1 Å². The van der Waals surface area contributed by atoms with Gasteiger partial charge in [-0.05, 0) is 18.6 Å². The molecule has 1 heterocycles. The van der Waals surface area contributed by atoms with Crippen LogP contribution in [-0.4, -0.2) is 30.1 Å². The maximum atomic E-state index is 11.1. The van der Waals surface area contributed by atoms with Gasteiger partial charge in [0.25, 0.3) is 5.69 Å². The second kappa shape index (κ2) is 5.77. The van der Waals surface area contributed by atoms with Crippen molar-refractivity contribution in [3.63, 3.8) is 0 Å². The Hall–Kier alpha value is -1.99. The SMILES string of the molecule is NC(=O)c1ccc([N+](=O)[O-])c(COC2CCOC2)c1. The normalized spacial score (nSPS) is 18.4. The zero-order valence-corrected chi connectivity index (χ0v) is 10.2. The summed E-state index contributed by atoms with van der Waals surface area (Å²) in [4.78, 5) is 21.5. The monoisotopic (exact) mass is 266 g/mol. The molecule has 0 radical (unpaired) electrons. The zero-order chi connectivity index (χ0) is 13.8. The number of hydrogen-bond donors (Lipinski definition) is 1. The highest BCUT2D eigenvalue weighted by Crippen LogP contribution is 2.22. The highest BCUT2D eigenvalue weighted by molar-refractivity contribution is 5.93. The summed E-state index contributed by atoms with van der Waals surface area (Å²) in [6, 6.07) is 4.00. The molecule has 7 heteroatoms. The van der Waals surface area contributed by atoms with Crippen LogP contribution in [0.2, 0.25) is 0 Å². The molecular formula is C12H14N2O5. The summed E-state index contributed by atoms with van der Waals surface area (Å²) < 4.78 is 10.7. The quantitative estimate of drug-likeness (QED) is 0.632. The van der Waals surface area contributed by atoms with Gasteiger partial charge in [0.1, 0.15) is 0 Å². The lowest BCUT2D eigenvalue weighted by molar-refractivity contribution is -0.386. The fourth-order valence-electron chi connectivity index (χ4n) is 1.88. The Labute approximate surface area is 109 Å². The van der Waals surface area contributed by atoms with Crippen LogP contribution in [0.1, 0.15) is 22.3 Å². The smallest absolute Gasteiger partial charge is 0.274 e. The third-order valence-electron chi connectivity index (χ3n) is 2.92. The average Bonchev–Trinajstić information content (AvgIpc) is 2.88. The third-order valence-corrected chi connectivity index (χ3v) is 2.92. The number of nitro benzene ring substituents is 1. The standard InChI is InChI=1S/C12H14N2O5/c13-12(15)8-1-2-11(14(16)17)9(5-8)6-19-10-3-4-18-7-10/h1-2,5,10H,3-4,6-7H2,(H2,13,15). The van der Waals surface area contributed by atoms with Crippen LogP contribution in [0.5, 0.6) is 0 Å². The first-order valence-electron chi connectivity index (χ1n) is 5.84. The van der Waals surface area contributed by atoms with Crippen molar-refractivity contribution in [2.45, 2.75) is 19.1 Å². The van der Waals surface area contributed by atoms with E-state index in [9.17, 15) is 14.9 Å². The summed E-state index contributed by atoms with van der Waals surface area (Å²) >= 11 is 0.